The zero-order valence-electron chi connectivity index (χ0n) is 20.9. The number of allylic oxidation sites excluding steroid dienone is 4. The first-order valence-corrected chi connectivity index (χ1v) is 14.0. The monoisotopic (exact) mass is 647 g/mol. The maximum Gasteiger partial charge on any atom is 0.323 e. The fourth-order valence-electron chi connectivity index (χ4n) is 5.66. The number of benzene rings is 2. The summed E-state index contributed by atoms with van der Waals surface area (Å²) in [5.41, 5.74) is 4.27. The molecule has 7 nitrogen and oxygen atoms in total. The van der Waals surface area contributed by atoms with Crippen LogP contribution in [0.15, 0.2) is 58.9 Å². The second-order valence-corrected chi connectivity index (χ2v) is 11.2. The summed E-state index contributed by atoms with van der Waals surface area (Å²) in [5, 5.41) is 10.3. The number of halogens is 2. The molecule has 2 aliphatic carbocycles. The number of carbonyl (C=O) groups is 3. The molecule has 3 aliphatic rings. The molecule has 0 bridgehead atoms. The topological polar surface area (TPSA) is 93.1 Å². The van der Waals surface area contributed by atoms with E-state index in [0.717, 1.165) is 26.1 Å². The lowest BCUT2D eigenvalue weighted by Gasteiger charge is -2.43. The summed E-state index contributed by atoms with van der Waals surface area (Å²) < 4.78 is 12.6. The Bertz CT molecular complexity index is 1340. The van der Waals surface area contributed by atoms with E-state index in [4.69, 9.17) is 21.1 Å². The number of carbonyl (C=O) groups excluding carboxylic acids is 2. The molecule has 1 N–H and O–H groups in total. The molecule has 0 aromatic heterocycles. The van der Waals surface area contributed by atoms with Gasteiger partial charge in [-0.2, -0.15) is 0 Å². The Hall–Kier alpha value is -2.85. The number of nitrogens with zero attached hydrogens (tertiary/aromatic N) is 1. The molecule has 1 heterocycles. The van der Waals surface area contributed by atoms with Crippen LogP contribution in [0.25, 0.3) is 0 Å². The molecule has 0 radical (unpaired) electrons. The minimum absolute atomic E-state index is 0.0337. The molecule has 9 heteroatoms. The minimum Gasteiger partial charge on any atom is -0.493 e. The molecular weight excluding hydrogens is 621 g/mol. The van der Waals surface area contributed by atoms with Gasteiger partial charge >= 0.3 is 5.97 Å². The van der Waals surface area contributed by atoms with E-state index >= 15 is 0 Å². The number of aliphatic carboxylic acids is 1. The predicted octanol–water partition coefficient (Wildman–Crippen LogP) is 6.03. The van der Waals surface area contributed by atoms with Crippen molar-refractivity contribution in [2.45, 2.75) is 51.0 Å². The van der Waals surface area contributed by atoms with Gasteiger partial charge in [-0.3, -0.25) is 14.4 Å². The van der Waals surface area contributed by atoms with Crippen LogP contribution in [0.4, 0.5) is 0 Å². The molecule has 0 atom stereocenters. The molecule has 0 fully saturated rings. The number of methoxy groups -OCH3 is 1. The van der Waals surface area contributed by atoms with Crippen molar-refractivity contribution in [1.82, 2.24) is 4.90 Å². The second kappa shape index (κ2) is 11.1. The van der Waals surface area contributed by atoms with Gasteiger partial charge in [0.15, 0.2) is 23.1 Å². The molecular formula is C29H27ClINO6. The number of ether oxygens (including phenoxy) is 2. The Morgan fingerprint density at radius 3 is 2.18 bits per heavy atom. The average molecular weight is 648 g/mol. The van der Waals surface area contributed by atoms with Crippen LogP contribution in [-0.4, -0.2) is 41.2 Å². The van der Waals surface area contributed by atoms with Crippen molar-refractivity contribution < 1.29 is 29.0 Å². The number of ketones is 2. The quantitative estimate of drug-likeness (QED) is 0.367. The van der Waals surface area contributed by atoms with Crippen LogP contribution >= 0.6 is 34.2 Å². The summed E-state index contributed by atoms with van der Waals surface area (Å²) >= 11 is 8.18. The fraction of sp³-hybridized carbons (Fsp3) is 0.345. The van der Waals surface area contributed by atoms with E-state index < -0.39 is 11.9 Å². The molecule has 0 unspecified atom stereocenters. The van der Waals surface area contributed by atoms with Crippen LogP contribution in [-0.2, 0) is 21.0 Å². The van der Waals surface area contributed by atoms with Gasteiger partial charge in [-0.1, -0.05) is 23.7 Å². The van der Waals surface area contributed by atoms with E-state index in [-0.39, 0.29) is 18.1 Å². The summed E-state index contributed by atoms with van der Waals surface area (Å²) in [4.78, 5) is 40.3. The van der Waals surface area contributed by atoms with E-state index in [1.165, 1.54) is 0 Å². The SMILES string of the molecule is COc1cc(C2C3=C(CCCC3=O)N(CC(=O)O)C3=C2C(=O)CCC3)cc(I)c1OCc1ccc(Cl)cc1. The van der Waals surface area contributed by atoms with Gasteiger partial charge in [0.05, 0.1) is 10.7 Å². The Morgan fingerprint density at radius 1 is 1.03 bits per heavy atom. The van der Waals surface area contributed by atoms with Crippen LogP contribution < -0.4 is 9.47 Å². The highest BCUT2D eigenvalue weighted by atomic mass is 127. The third-order valence-electron chi connectivity index (χ3n) is 7.26. The molecule has 0 saturated heterocycles. The molecule has 38 heavy (non-hydrogen) atoms. The Balaban J connectivity index is 1.60. The van der Waals surface area contributed by atoms with Crippen molar-refractivity contribution in [1.29, 1.82) is 0 Å². The van der Waals surface area contributed by atoms with Gasteiger partial charge in [-0.05, 0) is 83.7 Å². The third-order valence-corrected chi connectivity index (χ3v) is 8.31. The van der Waals surface area contributed by atoms with Gasteiger partial charge in [-0.25, -0.2) is 0 Å². The van der Waals surface area contributed by atoms with E-state index in [2.05, 4.69) is 22.6 Å². The van der Waals surface area contributed by atoms with Crippen molar-refractivity contribution in [2.24, 2.45) is 0 Å². The van der Waals surface area contributed by atoms with Gasteiger partial charge in [0.25, 0.3) is 0 Å². The van der Waals surface area contributed by atoms with Gasteiger partial charge in [0, 0.05) is 46.3 Å². The standard InChI is InChI=1S/C29H27ClINO6/c1-37-24-13-17(12-19(31)29(24)38-15-16-8-10-18(30)11-9-16)26-27-20(4-2-6-22(27)33)32(14-25(35)36)21-5-3-7-23(34)28(21)26/h8-13,26H,2-7,14-15H2,1H3,(H,35,36). The molecule has 2 aromatic rings. The van der Waals surface area contributed by atoms with Gasteiger partial charge in [-0.15, -0.1) is 0 Å². The summed E-state index contributed by atoms with van der Waals surface area (Å²) in [6, 6.07) is 11.2. The van der Waals surface area contributed by atoms with Crippen LogP contribution in [0.3, 0.4) is 0 Å². The lowest BCUT2D eigenvalue weighted by Crippen LogP contribution is -2.41. The number of hydrogen-bond acceptors (Lipinski definition) is 6. The molecule has 0 spiro atoms. The summed E-state index contributed by atoms with van der Waals surface area (Å²) in [7, 11) is 1.56. The maximum absolute atomic E-state index is 13.4. The van der Waals surface area contributed by atoms with Gasteiger partial charge in [0.1, 0.15) is 13.2 Å². The van der Waals surface area contributed by atoms with Crippen molar-refractivity contribution >= 4 is 51.7 Å². The first-order valence-electron chi connectivity index (χ1n) is 12.5. The van der Waals surface area contributed by atoms with E-state index in [9.17, 15) is 19.5 Å². The Labute approximate surface area is 239 Å². The number of rotatable bonds is 7. The van der Waals surface area contributed by atoms with Crippen molar-refractivity contribution in [3.8, 4) is 11.5 Å². The number of carboxylic acids is 1. The zero-order valence-corrected chi connectivity index (χ0v) is 23.8. The van der Waals surface area contributed by atoms with Crippen LogP contribution in [0, 0.1) is 3.57 Å². The number of Topliss-reactive ketones (excluding diaryl/α,β-unsaturated/α-hetero) is 2. The summed E-state index contributed by atoms with van der Waals surface area (Å²) in [6.45, 7) is 0.0569. The summed E-state index contributed by atoms with van der Waals surface area (Å²) in [6.07, 6.45) is 3.29. The Morgan fingerprint density at radius 2 is 1.63 bits per heavy atom. The van der Waals surface area contributed by atoms with Crippen molar-refractivity contribution in [3.63, 3.8) is 0 Å². The highest BCUT2D eigenvalue weighted by molar-refractivity contribution is 14.1. The normalized spacial score (nSPS) is 17.9. The van der Waals surface area contributed by atoms with Crippen molar-refractivity contribution in [2.75, 3.05) is 13.7 Å². The fourth-order valence-corrected chi connectivity index (χ4v) is 6.57. The lowest BCUT2D eigenvalue weighted by molar-refractivity contribution is -0.138. The summed E-state index contributed by atoms with van der Waals surface area (Å²) in [5.74, 6) is -0.537. The Kier molecular flexibility index (Phi) is 7.81. The molecule has 0 saturated carbocycles. The second-order valence-electron chi connectivity index (χ2n) is 9.64. The van der Waals surface area contributed by atoms with E-state index in [0.29, 0.717) is 72.8 Å². The highest BCUT2D eigenvalue weighted by Crippen LogP contribution is 2.50. The van der Waals surface area contributed by atoms with Crippen LogP contribution in [0.1, 0.15) is 55.6 Å². The third kappa shape index (κ3) is 5.08. The van der Waals surface area contributed by atoms with Crippen LogP contribution in [0.5, 0.6) is 11.5 Å². The van der Waals surface area contributed by atoms with E-state index in [1.807, 2.05) is 24.3 Å². The molecule has 0 amide bonds. The average Bonchev–Trinajstić information content (AvgIpc) is 2.89. The zero-order chi connectivity index (χ0) is 27.0. The molecule has 198 valence electrons. The maximum atomic E-state index is 13.4. The molecule has 2 aromatic carbocycles. The number of carboxylic acid groups (broad SMARTS) is 1. The van der Waals surface area contributed by atoms with Gasteiger partial charge in [0.2, 0.25) is 0 Å². The molecule has 1 aliphatic heterocycles. The highest BCUT2D eigenvalue weighted by Gasteiger charge is 2.44. The first kappa shape index (κ1) is 26.7. The number of hydrogen-bond donors (Lipinski definition) is 1. The van der Waals surface area contributed by atoms with Crippen LogP contribution in [0.2, 0.25) is 5.02 Å². The smallest absolute Gasteiger partial charge is 0.323 e. The minimum atomic E-state index is -0.989. The van der Waals surface area contributed by atoms with E-state index in [1.54, 1.807) is 24.1 Å². The molecule has 5 rings (SSSR count). The predicted molar refractivity (Wildman–Crippen MR) is 150 cm³/mol. The lowest BCUT2D eigenvalue weighted by atomic mass is 9.71. The first-order chi connectivity index (χ1) is 18.3. The largest absolute Gasteiger partial charge is 0.493 e. The van der Waals surface area contributed by atoms with Gasteiger partial charge < -0.3 is 19.5 Å². The van der Waals surface area contributed by atoms with Crippen molar-refractivity contribution in [3.05, 3.63) is 78.7 Å².